The monoisotopic (exact) mass is 464 g/mol. The molecule has 0 bridgehead atoms. The maximum absolute atomic E-state index is 9.26. The minimum absolute atomic E-state index is 0. The molecule has 0 aliphatic heterocycles. The van der Waals surface area contributed by atoms with E-state index in [1.807, 2.05) is 10.6 Å². The number of nitrogen functional groups attached to an aromatic ring is 1. The van der Waals surface area contributed by atoms with E-state index in [9.17, 15) is 5.11 Å². The van der Waals surface area contributed by atoms with Crippen molar-refractivity contribution >= 4 is 50.3 Å². The number of hydrogen-bond donors (Lipinski definition) is 5. The molecule has 0 amide bonds. The number of aliphatic hydroxyl groups excluding tert-OH is 1. The van der Waals surface area contributed by atoms with Gasteiger partial charge in [-0.15, -0.1) is 17.0 Å². The number of aromatic nitrogens is 4. The van der Waals surface area contributed by atoms with E-state index < -0.39 is 10.4 Å². The summed E-state index contributed by atoms with van der Waals surface area (Å²) >= 11 is 0. The zero-order chi connectivity index (χ0) is 18.9. The van der Waals surface area contributed by atoms with Gasteiger partial charge in [0.1, 0.15) is 0 Å². The van der Waals surface area contributed by atoms with Crippen LogP contribution >= 0.6 is 17.0 Å². The number of halogens is 1. The summed E-state index contributed by atoms with van der Waals surface area (Å²) in [4.78, 5) is 13.1. The summed E-state index contributed by atoms with van der Waals surface area (Å²) < 4.78 is 33.6. The molecular formula is C14H21BrN6O5S. The third-order valence-electron chi connectivity index (χ3n) is 4.10. The van der Waals surface area contributed by atoms with Gasteiger partial charge >= 0.3 is 10.4 Å². The van der Waals surface area contributed by atoms with Crippen molar-refractivity contribution in [3.63, 3.8) is 0 Å². The summed E-state index contributed by atoms with van der Waals surface area (Å²) in [6, 6.07) is 0.646. The van der Waals surface area contributed by atoms with Crippen LogP contribution in [0.5, 0.6) is 0 Å². The summed E-state index contributed by atoms with van der Waals surface area (Å²) in [6.45, 7) is 0.172. The minimum Gasteiger partial charge on any atom is -0.396 e. The largest absolute Gasteiger partial charge is 0.396 e. The SMILES string of the molecule is Br.Nc1nc(NC2CC2)c2ncn([C@H]3C=C[C@@H](CO)C3)c2n1.O=S(=O)(O)O. The second-order valence-corrected chi connectivity index (χ2v) is 7.15. The van der Waals surface area contributed by atoms with E-state index in [0.29, 0.717) is 6.04 Å². The molecule has 1 saturated carbocycles. The molecule has 2 heterocycles. The highest BCUT2D eigenvalue weighted by molar-refractivity contribution is 8.93. The standard InChI is InChI=1S/C14H18N6O.BrH.H2O4S/c15-14-18-12(17-9-2-3-9)11-13(19-14)20(7-16-11)10-4-1-8(5-10)6-21;;1-5(2,3)4/h1,4,7-10,21H,2-3,5-6H2,(H3,15,17,18,19);1H;(H2,1,2,3,4)/t8-,10+;;/m1../s1. The second kappa shape index (κ2) is 8.48. The fourth-order valence-electron chi connectivity index (χ4n) is 2.79. The van der Waals surface area contributed by atoms with E-state index in [2.05, 4.69) is 26.3 Å². The Hall–Kier alpha value is -1.80. The zero-order valence-electron chi connectivity index (χ0n) is 14.1. The van der Waals surface area contributed by atoms with Crippen molar-refractivity contribution in [1.82, 2.24) is 19.5 Å². The Morgan fingerprint density at radius 3 is 2.48 bits per heavy atom. The summed E-state index contributed by atoms with van der Waals surface area (Å²) in [5.74, 6) is 1.18. The fraction of sp³-hybridized carbons (Fsp3) is 0.500. The third kappa shape index (κ3) is 5.84. The van der Waals surface area contributed by atoms with E-state index in [-0.39, 0.29) is 41.5 Å². The molecular weight excluding hydrogens is 444 g/mol. The van der Waals surface area contributed by atoms with E-state index in [4.69, 9.17) is 23.3 Å². The number of imidazole rings is 1. The molecule has 2 aromatic rings. The Balaban J connectivity index is 0.000000390. The second-order valence-electron chi connectivity index (χ2n) is 6.25. The van der Waals surface area contributed by atoms with Gasteiger partial charge in [-0.1, -0.05) is 12.2 Å². The van der Waals surface area contributed by atoms with Gasteiger partial charge in [-0.3, -0.25) is 9.11 Å². The molecule has 2 aliphatic carbocycles. The van der Waals surface area contributed by atoms with Crippen molar-refractivity contribution in [3.8, 4) is 0 Å². The molecule has 0 unspecified atom stereocenters. The number of aliphatic hydroxyl groups is 1. The zero-order valence-corrected chi connectivity index (χ0v) is 16.7. The molecule has 2 aliphatic rings. The summed E-state index contributed by atoms with van der Waals surface area (Å²) in [5, 5.41) is 12.6. The van der Waals surface area contributed by atoms with Gasteiger partial charge in [0.15, 0.2) is 17.0 Å². The number of allylic oxidation sites excluding steroid dienone is 1. The highest BCUT2D eigenvalue weighted by atomic mass is 79.9. The summed E-state index contributed by atoms with van der Waals surface area (Å²) in [6.07, 6.45) is 9.10. The number of nitrogens with zero attached hydrogens (tertiary/aromatic N) is 4. The lowest BCUT2D eigenvalue weighted by molar-refractivity contribution is 0.244. The van der Waals surface area contributed by atoms with Crippen LogP contribution in [0.1, 0.15) is 25.3 Å². The van der Waals surface area contributed by atoms with Gasteiger partial charge in [-0.05, 0) is 19.3 Å². The van der Waals surface area contributed by atoms with Gasteiger partial charge < -0.3 is 20.7 Å². The Morgan fingerprint density at radius 2 is 1.93 bits per heavy atom. The van der Waals surface area contributed by atoms with Crippen LogP contribution in [0.25, 0.3) is 11.2 Å². The lowest BCUT2D eigenvalue weighted by Crippen LogP contribution is -2.10. The van der Waals surface area contributed by atoms with Gasteiger partial charge in [0.25, 0.3) is 0 Å². The third-order valence-corrected chi connectivity index (χ3v) is 4.10. The van der Waals surface area contributed by atoms with Gasteiger partial charge in [0, 0.05) is 18.6 Å². The van der Waals surface area contributed by atoms with Gasteiger partial charge in [0.05, 0.1) is 12.4 Å². The molecule has 2 aromatic heterocycles. The van der Waals surface area contributed by atoms with Crippen molar-refractivity contribution in [2.24, 2.45) is 5.92 Å². The summed E-state index contributed by atoms with van der Waals surface area (Å²) in [7, 11) is -4.67. The van der Waals surface area contributed by atoms with Gasteiger partial charge in [-0.25, -0.2) is 4.98 Å². The number of hydrogen-bond acceptors (Lipinski definition) is 8. The van der Waals surface area contributed by atoms with Crippen LogP contribution in [0.3, 0.4) is 0 Å². The predicted octanol–water partition coefficient (Wildman–Crippen LogP) is 1.02. The average Bonchev–Trinajstić information content (AvgIpc) is 3.07. The topological polar surface area (TPSA) is 176 Å². The molecule has 150 valence electrons. The molecule has 1 fully saturated rings. The minimum atomic E-state index is -4.67. The first-order valence-corrected chi connectivity index (χ1v) is 9.40. The van der Waals surface area contributed by atoms with Crippen molar-refractivity contribution in [2.45, 2.75) is 31.3 Å². The Labute approximate surface area is 166 Å². The molecule has 0 spiro atoms. The summed E-state index contributed by atoms with van der Waals surface area (Å²) in [5.41, 5.74) is 7.35. The lowest BCUT2D eigenvalue weighted by Gasteiger charge is -2.13. The molecule has 2 atom stereocenters. The highest BCUT2D eigenvalue weighted by Crippen LogP contribution is 2.32. The van der Waals surface area contributed by atoms with Crippen molar-refractivity contribution in [1.29, 1.82) is 0 Å². The van der Waals surface area contributed by atoms with Crippen molar-refractivity contribution < 1.29 is 22.6 Å². The first-order chi connectivity index (χ1) is 12.2. The number of fused-ring (bicyclic) bond motifs is 1. The number of nitrogens with two attached hydrogens (primary N) is 1. The fourth-order valence-corrected chi connectivity index (χ4v) is 2.79. The molecule has 0 saturated heterocycles. The number of rotatable bonds is 4. The maximum Gasteiger partial charge on any atom is 0.394 e. The van der Waals surface area contributed by atoms with Crippen LogP contribution < -0.4 is 11.1 Å². The van der Waals surface area contributed by atoms with E-state index >= 15 is 0 Å². The van der Waals surface area contributed by atoms with Crippen LogP contribution in [0.4, 0.5) is 11.8 Å². The highest BCUT2D eigenvalue weighted by Gasteiger charge is 2.26. The molecule has 0 radical (unpaired) electrons. The predicted molar refractivity (Wildman–Crippen MR) is 104 cm³/mol. The van der Waals surface area contributed by atoms with Gasteiger partial charge in [0.2, 0.25) is 5.95 Å². The molecule has 11 nitrogen and oxygen atoms in total. The quantitative estimate of drug-likeness (QED) is 0.324. The average molecular weight is 465 g/mol. The van der Waals surface area contributed by atoms with Crippen molar-refractivity contribution in [3.05, 3.63) is 18.5 Å². The van der Waals surface area contributed by atoms with Crippen LogP contribution in [0.2, 0.25) is 0 Å². The van der Waals surface area contributed by atoms with Crippen LogP contribution in [-0.2, 0) is 10.4 Å². The van der Waals surface area contributed by atoms with E-state index in [1.54, 1.807) is 6.33 Å². The first kappa shape index (κ1) is 21.5. The first-order valence-electron chi connectivity index (χ1n) is 8.00. The van der Waals surface area contributed by atoms with E-state index in [0.717, 1.165) is 36.2 Å². The normalized spacial score (nSPS) is 21.4. The van der Waals surface area contributed by atoms with Crippen molar-refractivity contribution in [2.75, 3.05) is 17.7 Å². The molecule has 6 N–H and O–H groups in total. The molecule has 0 aromatic carbocycles. The number of anilines is 2. The molecule has 27 heavy (non-hydrogen) atoms. The Bertz CT molecular complexity index is 921. The van der Waals surface area contributed by atoms with Crippen LogP contribution in [-0.4, -0.2) is 54.8 Å². The smallest absolute Gasteiger partial charge is 0.394 e. The Kier molecular flexibility index (Phi) is 6.75. The lowest BCUT2D eigenvalue weighted by atomic mass is 10.1. The Morgan fingerprint density at radius 1 is 1.26 bits per heavy atom. The number of nitrogens with one attached hydrogen (secondary N) is 1. The van der Waals surface area contributed by atoms with E-state index in [1.165, 1.54) is 0 Å². The van der Waals surface area contributed by atoms with Crippen LogP contribution in [0, 0.1) is 5.92 Å². The maximum atomic E-state index is 9.26. The molecule has 4 rings (SSSR count). The molecule has 13 heteroatoms. The van der Waals surface area contributed by atoms with Crippen LogP contribution in [0.15, 0.2) is 18.5 Å². The van der Waals surface area contributed by atoms with Gasteiger partial charge in [-0.2, -0.15) is 18.4 Å².